The molecule has 0 unspecified atom stereocenters. The first-order valence-corrected chi connectivity index (χ1v) is 8.85. The SMILES string of the molecule is Cc1cccc(NC(=O)CN2C(=O)N[C@@](C)(c3cccc(Br)c3)C2=O)c1. The third-order valence-electron chi connectivity index (χ3n) is 4.28. The molecule has 4 amide bonds. The molecule has 2 aromatic rings. The van der Waals surface area contributed by atoms with E-state index in [2.05, 4.69) is 26.6 Å². The lowest BCUT2D eigenvalue weighted by molar-refractivity contribution is -0.133. The minimum Gasteiger partial charge on any atom is -0.325 e. The van der Waals surface area contributed by atoms with Crippen molar-refractivity contribution in [2.24, 2.45) is 0 Å². The predicted molar refractivity (Wildman–Crippen MR) is 102 cm³/mol. The zero-order valence-corrected chi connectivity index (χ0v) is 16.0. The molecule has 134 valence electrons. The Balaban J connectivity index is 1.76. The summed E-state index contributed by atoms with van der Waals surface area (Å²) in [5.74, 6) is -0.891. The average molecular weight is 416 g/mol. The monoisotopic (exact) mass is 415 g/mol. The van der Waals surface area contributed by atoms with Crippen LogP contribution in [0.2, 0.25) is 0 Å². The van der Waals surface area contributed by atoms with E-state index in [-0.39, 0.29) is 6.54 Å². The lowest BCUT2D eigenvalue weighted by Crippen LogP contribution is -2.42. The maximum Gasteiger partial charge on any atom is 0.325 e. The largest absolute Gasteiger partial charge is 0.325 e. The van der Waals surface area contributed by atoms with Crippen molar-refractivity contribution in [1.82, 2.24) is 10.2 Å². The van der Waals surface area contributed by atoms with Gasteiger partial charge in [0.1, 0.15) is 12.1 Å². The highest BCUT2D eigenvalue weighted by atomic mass is 79.9. The van der Waals surface area contributed by atoms with Gasteiger partial charge in [-0.2, -0.15) is 0 Å². The van der Waals surface area contributed by atoms with Gasteiger partial charge in [0, 0.05) is 10.2 Å². The van der Waals surface area contributed by atoms with E-state index in [9.17, 15) is 14.4 Å². The summed E-state index contributed by atoms with van der Waals surface area (Å²) in [6.45, 7) is 3.20. The highest BCUT2D eigenvalue weighted by Gasteiger charge is 2.49. The zero-order valence-electron chi connectivity index (χ0n) is 14.4. The number of rotatable bonds is 4. The normalized spacial score (nSPS) is 19.4. The van der Waals surface area contributed by atoms with Crippen LogP contribution in [0, 0.1) is 6.92 Å². The van der Waals surface area contributed by atoms with Gasteiger partial charge < -0.3 is 10.6 Å². The van der Waals surface area contributed by atoms with Crippen LogP contribution in [-0.2, 0) is 15.1 Å². The molecule has 6 nitrogen and oxygen atoms in total. The second-order valence-corrected chi connectivity index (χ2v) is 7.29. The summed E-state index contributed by atoms with van der Waals surface area (Å²) in [5.41, 5.74) is 1.06. The van der Waals surface area contributed by atoms with Gasteiger partial charge in [-0.25, -0.2) is 4.79 Å². The molecule has 2 aromatic carbocycles. The fraction of sp³-hybridized carbons (Fsp3) is 0.211. The first-order chi connectivity index (χ1) is 12.3. The van der Waals surface area contributed by atoms with Gasteiger partial charge in [0.2, 0.25) is 5.91 Å². The molecule has 0 saturated carbocycles. The van der Waals surface area contributed by atoms with E-state index in [4.69, 9.17) is 0 Å². The second kappa shape index (κ2) is 6.92. The van der Waals surface area contributed by atoms with E-state index in [0.29, 0.717) is 11.3 Å². The third kappa shape index (κ3) is 3.48. The van der Waals surface area contributed by atoms with Gasteiger partial charge >= 0.3 is 6.03 Å². The Hall–Kier alpha value is -2.67. The van der Waals surface area contributed by atoms with Crippen molar-refractivity contribution in [1.29, 1.82) is 0 Å². The molecule has 0 bridgehead atoms. The van der Waals surface area contributed by atoms with Crippen molar-refractivity contribution in [2.45, 2.75) is 19.4 Å². The number of halogens is 1. The van der Waals surface area contributed by atoms with E-state index in [1.54, 1.807) is 31.2 Å². The van der Waals surface area contributed by atoms with Crippen LogP contribution in [0.5, 0.6) is 0 Å². The fourth-order valence-electron chi connectivity index (χ4n) is 2.90. The minimum atomic E-state index is -1.20. The Labute approximate surface area is 159 Å². The molecule has 7 heteroatoms. The van der Waals surface area contributed by atoms with Gasteiger partial charge in [0.05, 0.1) is 0 Å². The number of amides is 4. The number of urea groups is 1. The molecule has 0 radical (unpaired) electrons. The van der Waals surface area contributed by atoms with Gasteiger partial charge in [-0.15, -0.1) is 0 Å². The number of aryl methyl sites for hydroxylation is 1. The molecule has 26 heavy (non-hydrogen) atoms. The number of anilines is 1. The van der Waals surface area contributed by atoms with Crippen molar-refractivity contribution in [3.63, 3.8) is 0 Å². The standard InChI is InChI=1S/C19H18BrN3O3/c1-12-5-3-8-15(9-12)21-16(24)11-23-17(25)19(2,22-18(23)26)13-6-4-7-14(20)10-13/h3-10H,11H2,1-2H3,(H,21,24)(H,22,26)/t19-/m0/s1. The number of nitrogens with zero attached hydrogens (tertiary/aromatic N) is 1. The molecule has 1 saturated heterocycles. The van der Waals surface area contributed by atoms with E-state index >= 15 is 0 Å². The summed E-state index contributed by atoms with van der Waals surface area (Å²) in [6, 6.07) is 13.9. The molecule has 2 N–H and O–H groups in total. The van der Waals surface area contributed by atoms with Gasteiger partial charge in [-0.1, -0.05) is 40.2 Å². The molecular weight excluding hydrogens is 398 g/mol. The van der Waals surface area contributed by atoms with Crippen molar-refractivity contribution in [2.75, 3.05) is 11.9 Å². The van der Waals surface area contributed by atoms with Gasteiger partial charge in [-0.3, -0.25) is 14.5 Å². The Bertz CT molecular complexity index is 899. The molecule has 1 atom stereocenters. The maximum absolute atomic E-state index is 12.8. The predicted octanol–water partition coefficient (Wildman–Crippen LogP) is 3.16. The zero-order chi connectivity index (χ0) is 18.9. The van der Waals surface area contributed by atoms with E-state index in [0.717, 1.165) is 14.9 Å². The molecule has 0 aliphatic carbocycles. The minimum absolute atomic E-state index is 0.345. The lowest BCUT2D eigenvalue weighted by atomic mass is 9.92. The molecule has 1 aliphatic rings. The number of carbonyl (C=O) groups excluding carboxylic acids is 3. The molecule has 1 aliphatic heterocycles. The molecule has 0 aromatic heterocycles. The summed E-state index contributed by atoms with van der Waals surface area (Å²) in [4.78, 5) is 38.4. The average Bonchev–Trinajstić information content (AvgIpc) is 2.79. The van der Waals surface area contributed by atoms with E-state index in [1.165, 1.54) is 0 Å². The van der Waals surface area contributed by atoms with Crippen LogP contribution in [0.15, 0.2) is 53.0 Å². The fourth-order valence-corrected chi connectivity index (χ4v) is 3.30. The highest BCUT2D eigenvalue weighted by molar-refractivity contribution is 9.10. The van der Waals surface area contributed by atoms with E-state index < -0.39 is 23.4 Å². The number of hydrogen-bond donors (Lipinski definition) is 2. The van der Waals surface area contributed by atoms with Crippen LogP contribution < -0.4 is 10.6 Å². The summed E-state index contributed by atoms with van der Waals surface area (Å²) in [5, 5.41) is 5.40. The Morgan fingerprint density at radius 3 is 2.62 bits per heavy atom. The maximum atomic E-state index is 12.8. The third-order valence-corrected chi connectivity index (χ3v) is 4.77. The second-order valence-electron chi connectivity index (χ2n) is 6.37. The van der Waals surface area contributed by atoms with E-state index in [1.807, 2.05) is 31.2 Å². The summed E-state index contributed by atoms with van der Waals surface area (Å²) < 4.78 is 0.800. The summed E-state index contributed by atoms with van der Waals surface area (Å²) in [7, 11) is 0. The number of hydrogen-bond acceptors (Lipinski definition) is 3. The topological polar surface area (TPSA) is 78.5 Å². The quantitative estimate of drug-likeness (QED) is 0.752. The van der Waals surface area contributed by atoms with Gasteiger partial charge in [0.15, 0.2) is 0 Å². The summed E-state index contributed by atoms with van der Waals surface area (Å²) in [6.07, 6.45) is 0. The van der Waals surface area contributed by atoms with Crippen molar-refractivity contribution in [3.05, 3.63) is 64.1 Å². The highest BCUT2D eigenvalue weighted by Crippen LogP contribution is 2.30. The molecule has 1 heterocycles. The van der Waals surface area contributed by atoms with Crippen LogP contribution in [-0.4, -0.2) is 29.3 Å². The summed E-state index contributed by atoms with van der Waals surface area (Å²) >= 11 is 3.37. The first kappa shape index (κ1) is 18.1. The first-order valence-electron chi connectivity index (χ1n) is 8.06. The number of benzene rings is 2. The van der Waals surface area contributed by atoms with Crippen molar-refractivity contribution >= 4 is 39.5 Å². The molecule has 3 rings (SSSR count). The Morgan fingerprint density at radius 1 is 1.19 bits per heavy atom. The lowest BCUT2D eigenvalue weighted by Gasteiger charge is -2.22. The van der Waals surface area contributed by atoms with Crippen molar-refractivity contribution in [3.8, 4) is 0 Å². The van der Waals surface area contributed by atoms with Crippen LogP contribution >= 0.6 is 15.9 Å². The van der Waals surface area contributed by atoms with Crippen LogP contribution in [0.4, 0.5) is 10.5 Å². The van der Waals surface area contributed by atoms with Gasteiger partial charge in [0.25, 0.3) is 5.91 Å². The molecular formula is C19H18BrN3O3. The van der Waals surface area contributed by atoms with Crippen LogP contribution in [0.3, 0.4) is 0 Å². The number of carbonyl (C=O) groups is 3. The Kier molecular flexibility index (Phi) is 4.82. The van der Waals surface area contributed by atoms with Crippen LogP contribution in [0.1, 0.15) is 18.1 Å². The smallest absolute Gasteiger partial charge is 0.325 e. The van der Waals surface area contributed by atoms with Crippen LogP contribution in [0.25, 0.3) is 0 Å². The van der Waals surface area contributed by atoms with Gasteiger partial charge in [-0.05, 0) is 49.2 Å². The molecule has 1 fully saturated rings. The molecule has 0 spiro atoms. The number of imide groups is 1. The Morgan fingerprint density at radius 2 is 1.92 bits per heavy atom. The number of nitrogens with one attached hydrogen (secondary N) is 2. The van der Waals surface area contributed by atoms with Crippen molar-refractivity contribution < 1.29 is 14.4 Å².